The van der Waals surface area contributed by atoms with Crippen LogP contribution in [0.1, 0.15) is 92.9 Å². The van der Waals surface area contributed by atoms with Gasteiger partial charge in [-0.3, -0.25) is 14.4 Å². The van der Waals surface area contributed by atoms with Crippen molar-refractivity contribution in [3.63, 3.8) is 0 Å². The molecule has 9 nitrogen and oxygen atoms in total. The van der Waals surface area contributed by atoms with Gasteiger partial charge >= 0.3 is 0 Å². The number of hydrogen-bond donors (Lipinski definition) is 1. The van der Waals surface area contributed by atoms with Crippen LogP contribution in [0.5, 0.6) is 11.5 Å². The Labute approximate surface area is 249 Å². The van der Waals surface area contributed by atoms with E-state index in [4.69, 9.17) is 9.47 Å². The molecule has 1 N–H and O–H groups in total. The third-order valence-corrected chi connectivity index (χ3v) is 8.86. The second kappa shape index (κ2) is 13.6. The van der Waals surface area contributed by atoms with Gasteiger partial charge in [0.25, 0.3) is 5.91 Å². The Balaban J connectivity index is 1.24. The van der Waals surface area contributed by atoms with Crippen LogP contribution in [0.15, 0.2) is 36.4 Å². The number of nitrogens with zero attached hydrogens (tertiary/aromatic N) is 3. The first kappa shape index (κ1) is 29.9. The molecule has 3 amide bonds. The Kier molecular flexibility index (Phi) is 9.65. The van der Waals surface area contributed by atoms with E-state index in [9.17, 15) is 14.4 Å². The summed E-state index contributed by atoms with van der Waals surface area (Å²) in [6.45, 7) is 5.38. The number of methoxy groups -OCH3 is 1. The number of nitrogens with one attached hydrogen (secondary N) is 1. The van der Waals surface area contributed by atoms with Crippen molar-refractivity contribution in [3.8, 4) is 11.5 Å². The fourth-order valence-corrected chi connectivity index (χ4v) is 6.40. The minimum Gasteiger partial charge on any atom is -0.493 e. The number of rotatable bonds is 11. The number of pyridine rings is 1. The lowest BCUT2D eigenvalue weighted by molar-refractivity contribution is -0.136. The Morgan fingerprint density at radius 2 is 1.83 bits per heavy atom. The number of benzene rings is 1. The second-order valence-corrected chi connectivity index (χ2v) is 11.9. The van der Waals surface area contributed by atoms with E-state index in [0.29, 0.717) is 54.4 Å². The van der Waals surface area contributed by atoms with Gasteiger partial charge in [-0.05, 0) is 74.8 Å². The molecule has 1 aromatic carbocycles. The second-order valence-electron chi connectivity index (χ2n) is 11.9. The van der Waals surface area contributed by atoms with Crippen molar-refractivity contribution >= 4 is 17.7 Å². The number of carbonyl (C=O) groups excluding carboxylic acids is 3. The van der Waals surface area contributed by atoms with E-state index in [0.717, 1.165) is 24.9 Å². The van der Waals surface area contributed by atoms with Crippen molar-refractivity contribution in [1.29, 1.82) is 0 Å². The van der Waals surface area contributed by atoms with Crippen LogP contribution in [0.4, 0.5) is 0 Å². The summed E-state index contributed by atoms with van der Waals surface area (Å²) in [5.74, 6) is 1.54. The zero-order chi connectivity index (χ0) is 29.6. The number of amides is 3. The highest BCUT2D eigenvalue weighted by Crippen LogP contribution is 2.37. The molecule has 0 bridgehead atoms. The van der Waals surface area contributed by atoms with E-state index in [1.54, 1.807) is 18.1 Å². The van der Waals surface area contributed by atoms with Crippen molar-refractivity contribution in [2.75, 3.05) is 26.8 Å². The molecule has 5 rings (SSSR count). The van der Waals surface area contributed by atoms with E-state index in [-0.39, 0.29) is 30.2 Å². The molecule has 42 heavy (non-hydrogen) atoms. The van der Waals surface area contributed by atoms with Crippen LogP contribution < -0.4 is 14.8 Å². The zero-order valence-electron chi connectivity index (χ0n) is 25.1. The van der Waals surface area contributed by atoms with Crippen LogP contribution in [0.25, 0.3) is 0 Å². The molecule has 226 valence electrons. The highest BCUT2D eigenvalue weighted by atomic mass is 16.5. The molecule has 2 aromatic rings. The minimum atomic E-state index is -0.588. The number of carbonyl (C=O) groups is 3. The Morgan fingerprint density at radius 3 is 2.52 bits per heavy atom. The smallest absolute Gasteiger partial charge is 0.272 e. The van der Waals surface area contributed by atoms with E-state index < -0.39 is 6.04 Å². The van der Waals surface area contributed by atoms with Gasteiger partial charge in [0, 0.05) is 32.0 Å². The number of aromatic nitrogens is 1. The third-order valence-electron chi connectivity index (χ3n) is 8.86. The van der Waals surface area contributed by atoms with Crippen LogP contribution in [0.2, 0.25) is 0 Å². The van der Waals surface area contributed by atoms with Gasteiger partial charge in [0.05, 0.1) is 26.0 Å². The Morgan fingerprint density at radius 1 is 1.05 bits per heavy atom. The van der Waals surface area contributed by atoms with Crippen LogP contribution in [-0.2, 0) is 16.1 Å². The first-order chi connectivity index (χ1) is 20.4. The highest BCUT2D eigenvalue weighted by Gasteiger charge is 2.39. The summed E-state index contributed by atoms with van der Waals surface area (Å²) in [6.07, 6.45) is 8.61. The van der Waals surface area contributed by atoms with Crippen LogP contribution >= 0.6 is 0 Å². The number of likely N-dealkylation sites (tertiary alicyclic amines) is 1. The lowest BCUT2D eigenvalue weighted by atomic mass is 9.93. The standard InChI is InChI=1S/C33H44N4O5/c1-4-42-31-18-24(15-16-30(31)41-3)25-17-29(36(21-25)22(2)38)32(39)34-19-26-9-8-12-28(35-26)33(40)37(20-23-13-14-23)27-10-6-5-7-11-27/h8-9,12,15-16,18,23,25,27,29H,4-7,10-11,13-14,17,19-21H2,1-3H3,(H,34,39)/t25?,29-/m1/s1. The van der Waals surface area contributed by atoms with Crippen molar-refractivity contribution < 1.29 is 23.9 Å². The summed E-state index contributed by atoms with van der Waals surface area (Å²) >= 11 is 0. The van der Waals surface area contributed by atoms with E-state index in [2.05, 4.69) is 15.2 Å². The molecule has 2 heterocycles. The third kappa shape index (κ3) is 7.05. The van der Waals surface area contributed by atoms with E-state index in [1.807, 2.05) is 37.3 Å². The van der Waals surface area contributed by atoms with Crippen LogP contribution in [-0.4, -0.2) is 71.4 Å². The fraction of sp³-hybridized carbons (Fsp3) is 0.576. The Hall–Kier alpha value is -3.62. The van der Waals surface area contributed by atoms with Gasteiger partial charge in [-0.2, -0.15) is 0 Å². The van der Waals surface area contributed by atoms with Gasteiger partial charge in [0.15, 0.2) is 11.5 Å². The van der Waals surface area contributed by atoms with Gasteiger partial charge in [0.1, 0.15) is 11.7 Å². The van der Waals surface area contributed by atoms with Gasteiger partial charge < -0.3 is 24.6 Å². The van der Waals surface area contributed by atoms with Crippen molar-refractivity contribution in [2.45, 2.75) is 89.8 Å². The van der Waals surface area contributed by atoms with Crippen molar-refractivity contribution in [3.05, 3.63) is 53.3 Å². The molecule has 1 aromatic heterocycles. The van der Waals surface area contributed by atoms with Crippen LogP contribution in [0, 0.1) is 5.92 Å². The average molecular weight is 577 g/mol. The summed E-state index contributed by atoms with van der Waals surface area (Å²) in [7, 11) is 1.60. The number of ether oxygens (including phenoxy) is 2. The van der Waals surface area contributed by atoms with Gasteiger partial charge in [-0.1, -0.05) is 31.4 Å². The highest BCUT2D eigenvalue weighted by molar-refractivity contribution is 5.92. The number of hydrogen-bond acceptors (Lipinski definition) is 6. The monoisotopic (exact) mass is 576 g/mol. The molecule has 3 fully saturated rings. The lowest BCUT2D eigenvalue weighted by Gasteiger charge is -2.34. The van der Waals surface area contributed by atoms with Crippen molar-refractivity contribution in [1.82, 2.24) is 20.1 Å². The molecule has 2 aliphatic carbocycles. The SMILES string of the molecule is CCOc1cc(C2C[C@H](C(=O)NCc3cccc(C(=O)N(CC4CC4)C4CCCCC4)n3)N(C(C)=O)C2)ccc1OC. The summed E-state index contributed by atoms with van der Waals surface area (Å²) < 4.78 is 11.2. The van der Waals surface area contributed by atoms with Gasteiger partial charge in [-0.25, -0.2) is 4.98 Å². The van der Waals surface area contributed by atoms with E-state index in [1.165, 1.54) is 39.0 Å². The van der Waals surface area contributed by atoms with Crippen molar-refractivity contribution in [2.24, 2.45) is 5.92 Å². The Bertz CT molecular complexity index is 1270. The summed E-state index contributed by atoms with van der Waals surface area (Å²) in [6, 6.07) is 10.9. The molecule has 3 aliphatic rings. The zero-order valence-corrected chi connectivity index (χ0v) is 25.1. The predicted molar refractivity (Wildman–Crippen MR) is 159 cm³/mol. The molecule has 1 aliphatic heterocycles. The molecular weight excluding hydrogens is 532 g/mol. The molecular formula is C33H44N4O5. The molecule has 0 spiro atoms. The minimum absolute atomic E-state index is 0.00530. The first-order valence-corrected chi connectivity index (χ1v) is 15.5. The largest absolute Gasteiger partial charge is 0.493 e. The molecule has 0 radical (unpaired) electrons. The molecule has 9 heteroatoms. The quantitative estimate of drug-likeness (QED) is 0.416. The maximum Gasteiger partial charge on any atom is 0.272 e. The molecule has 1 saturated heterocycles. The first-order valence-electron chi connectivity index (χ1n) is 15.5. The lowest BCUT2D eigenvalue weighted by Crippen LogP contribution is -2.45. The summed E-state index contributed by atoms with van der Waals surface area (Å²) in [5, 5.41) is 2.98. The average Bonchev–Trinajstić information content (AvgIpc) is 3.72. The molecule has 2 saturated carbocycles. The predicted octanol–water partition coefficient (Wildman–Crippen LogP) is 4.69. The maximum atomic E-state index is 13.6. The normalized spacial score (nSPS) is 20.7. The van der Waals surface area contributed by atoms with Gasteiger partial charge in [0.2, 0.25) is 11.8 Å². The van der Waals surface area contributed by atoms with Crippen LogP contribution in [0.3, 0.4) is 0 Å². The maximum absolute atomic E-state index is 13.6. The fourth-order valence-electron chi connectivity index (χ4n) is 6.40. The molecule has 1 unspecified atom stereocenters. The molecule has 2 atom stereocenters. The summed E-state index contributed by atoms with van der Waals surface area (Å²) in [5.41, 5.74) is 2.07. The summed E-state index contributed by atoms with van der Waals surface area (Å²) in [4.78, 5) is 47.9. The van der Waals surface area contributed by atoms with Gasteiger partial charge in [-0.15, -0.1) is 0 Å². The topological polar surface area (TPSA) is 101 Å². The van der Waals surface area contributed by atoms with E-state index >= 15 is 0 Å².